The molecular formula is C22H40N2. The van der Waals surface area contributed by atoms with Gasteiger partial charge in [0.15, 0.2) is 0 Å². The fraction of sp³-hybridized carbons (Fsp3) is 0.818. The fourth-order valence-corrected chi connectivity index (χ4v) is 5.12. The molecule has 0 radical (unpaired) electrons. The first-order valence-corrected chi connectivity index (χ1v) is 10.1. The van der Waals surface area contributed by atoms with Crippen molar-refractivity contribution in [3.05, 3.63) is 23.3 Å². The minimum absolute atomic E-state index is 0.716. The summed E-state index contributed by atoms with van der Waals surface area (Å²) in [6.07, 6.45) is 7.51. The van der Waals surface area contributed by atoms with E-state index in [4.69, 9.17) is 0 Å². The molecule has 0 spiro atoms. The topological polar surface area (TPSA) is 24.1 Å². The summed E-state index contributed by atoms with van der Waals surface area (Å²) in [5, 5.41) is 7.39. The van der Waals surface area contributed by atoms with Crippen molar-refractivity contribution in [3.8, 4) is 0 Å². The van der Waals surface area contributed by atoms with E-state index in [0.29, 0.717) is 11.8 Å². The summed E-state index contributed by atoms with van der Waals surface area (Å²) < 4.78 is 0. The van der Waals surface area contributed by atoms with Crippen LogP contribution >= 0.6 is 0 Å². The maximum absolute atomic E-state index is 3.69. The molecule has 0 aliphatic heterocycles. The lowest BCUT2D eigenvalue weighted by Gasteiger charge is -2.34. The molecule has 0 saturated carbocycles. The lowest BCUT2D eigenvalue weighted by Crippen LogP contribution is -2.39. The second-order valence-electron chi connectivity index (χ2n) is 8.84. The maximum Gasteiger partial charge on any atom is 0.00768 e. The summed E-state index contributed by atoms with van der Waals surface area (Å²) in [6, 6.07) is 0. The van der Waals surface area contributed by atoms with Crippen molar-refractivity contribution < 1.29 is 0 Å². The van der Waals surface area contributed by atoms with Gasteiger partial charge < -0.3 is 10.6 Å². The molecule has 0 unspecified atom stereocenters. The lowest BCUT2D eigenvalue weighted by atomic mass is 9.75. The molecule has 0 aromatic rings. The molecule has 0 saturated heterocycles. The summed E-state index contributed by atoms with van der Waals surface area (Å²) in [4.78, 5) is 0. The molecule has 0 fully saturated rings. The van der Waals surface area contributed by atoms with E-state index in [2.05, 4.69) is 64.3 Å². The van der Waals surface area contributed by atoms with Crippen LogP contribution in [0.1, 0.15) is 54.4 Å². The predicted molar refractivity (Wildman–Crippen MR) is 106 cm³/mol. The molecular weight excluding hydrogens is 292 g/mol. The van der Waals surface area contributed by atoms with Gasteiger partial charge >= 0.3 is 0 Å². The first-order chi connectivity index (χ1) is 11.4. The van der Waals surface area contributed by atoms with Crippen molar-refractivity contribution in [2.24, 2.45) is 35.5 Å². The molecule has 0 bridgehead atoms. The van der Waals surface area contributed by atoms with Crippen LogP contribution in [-0.2, 0) is 0 Å². The van der Waals surface area contributed by atoms with E-state index >= 15 is 0 Å². The van der Waals surface area contributed by atoms with E-state index in [1.807, 2.05) is 0 Å². The minimum Gasteiger partial charge on any atom is -0.315 e. The van der Waals surface area contributed by atoms with Gasteiger partial charge in [-0.1, -0.05) is 51.0 Å². The summed E-state index contributed by atoms with van der Waals surface area (Å²) in [5.41, 5.74) is 3.15. The number of allylic oxidation sites excluding steroid dienone is 4. The van der Waals surface area contributed by atoms with Crippen LogP contribution in [0.4, 0.5) is 0 Å². The fourth-order valence-electron chi connectivity index (χ4n) is 5.12. The number of hydrogen-bond acceptors (Lipinski definition) is 2. The SMILES string of the molecule is CC1=C[C@@H](C)[C@@H](CNCCNC[C@H]2[C@@H](C)C=C(C)C[C@@H]2C)[C@@H](C)C1. The van der Waals surface area contributed by atoms with Gasteiger partial charge in [0, 0.05) is 13.1 Å². The minimum atomic E-state index is 0.716. The zero-order valence-corrected chi connectivity index (χ0v) is 16.9. The van der Waals surface area contributed by atoms with E-state index in [-0.39, 0.29) is 0 Å². The Labute approximate surface area is 150 Å². The van der Waals surface area contributed by atoms with Gasteiger partial charge in [-0.25, -0.2) is 0 Å². The largest absolute Gasteiger partial charge is 0.315 e. The standard InChI is InChI=1S/C22H40N2/c1-15-9-17(3)21(18(4)10-15)13-23-7-8-24-14-22-19(5)11-16(2)12-20(22)6/h9,11,17-24H,7-8,10,12-14H2,1-6H3/t17-,18-,19+,20-,21-,22+/m0/s1. The Morgan fingerprint density at radius 2 is 1.12 bits per heavy atom. The van der Waals surface area contributed by atoms with E-state index in [1.54, 1.807) is 11.1 Å². The first kappa shape index (κ1) is 19.7. The van der Waals surface area contributed by atoms with E-state index in [1.165, 1.54) is 12.8 Å². The monoisotopic (exact) mass is 332 g/mol. The third-order valence-corrected chi connectivity index (χ3v) is 6.43. The molecule has 2 nitrogen and oxygen atoms in total. The zero-order chi connectivity index (χ0) is 17.7. The smallest absolute Gasteiger partial charge is 0.00768 e. The molecule has 0 amide bonds. The second kappa shape index (κ2) is 9.20. The number of rotatable bonds is 7. The number of hydrogen-bond donors (Lipinski definition) is 2. The number of nitrogens with one attached hydrogen (secondary N) is 2. The van der Waals surface area contributed by atoms with Crippen molar-refractivity contribution in [2.45, 2.75) is 54.4 Å². The van der Waals surface area contributed by atoms with Crippen LogP contribution in [-0.4, -0.2) is 26.2 Å². The molecule has 2 heteroatoms. The van der Waals surface area contributed by atoms with Gasteiger partial charge in [0.25, 0.3) is 0 Å². The van der Waals surface area contributed by atoms with Crippen LogP contribution in [0.25, 0.3) is 0 Å². The molecule has 24 heavy (non-hydrogen) atoms. The molecule has 2 aliphatic carbocycles. The molecule has 0 aromatic heterocycles. The maximum atomic E-state index is 3.69. The van der Waals surface area contributed by atoms with Crippen molar-refractivity contribution in [1.29, 1.82) is 0 Å². The summed E-state index contributed by atoms with van der Waals surface area (Å²) in [7, 11) is 0. The predicted octanol–water partition coefficient (Wildman–Crippen LogP) is 4.64. The highest BCUT2D eigenvalue weighted by molar-refractivity contribution is 5.09. The Hall–Kier alpha value is -0.600. The van der Waals surface area contributed by atoms with E-state index in [9.17, 15) is 0 Å². The Kier molecular flexibility index (Phi) is 7.56. The van der Waals surface area contributed by atoms with Gasteiger partial charge in [0.1, 0.15) is 0 Å². The van der Waals surface area contributed by atoms with Gasteiger partial charge in [-0.15, -0.1) is 0 Å². The van der Waals surface area contributed by atoms with Crippen LogP contribution in [0.2, 0.25) is 0 Å². The Morgan fingerprint density at radius 1 is 0.750 bits per heavy atom. The van der Waals surface area contributed by atoms with Gasteiger partial charge in [-0.05, 0) is 75.3 Å². The second-order valence-corrected chi connectivity index (χ2v) is 8.84. The van der Waals surface area contributed by atoms with Crippen LogP contribution in [0, 0.1) is 35.5 Å². The van der Waals surface area contributed by atoms with Crippen LogP contribution in [0.3, 0.4) is 0 Å². The third kappa shape index (κ3) is 5.46. The molecule has 2 aliphatic rings. The summed E-state index contributed by atoms with van der Waals surface area (Å²) in [6.45, 7) is 18.6. The molecule has 0 heterocycles. The zero-order valence-electron chi connectivity index (χ0n) is 16.9. The molecule has 0 aromatic carbocycles. The highest BCUT2D eigenvalue weighted by Crippen LogP contribution is 2.33. The summed E-state index contributed by atoms with van der Waals surface area (Å²) in [5.74, 6) is 4.63. The molecule has 6 atom stereocenters. The van der Waals surface area contributed by atoms with Gasteiger partial charge in [-0.2, -0.15) is 0 Å². The van der Waals surface area contributed by atoms with Gasteiger partial charge in [-0.3, -0.25) is 0 Å². The third-order valence-electron chi connectivity index (χ3n) is 6.43. The van der Waals surface area contributed by atoms with Crippen LogP contribution < -0.4 is 10.6 Å². The van der Waals surface area contributed by atoms with Crippen LogP contribution in [0.5, 0.6) is 0 Å². The van der Waals surface area contributed by atoms with Crippen LogP contribution in [0.15, 0.2) is 23.3 Å². The average Bonchev–Trinajstić information content (AvgIpc) is 2.46. The average molecular weight is 333 g/mol. The quantitative estimate of drug-likeness (QED) is 0.524. The molecule has 2 rings (SSSR count). The van der Waals surface area contributed by atoms with Crippen molar-refractivity contribution in [2.75, 3.05) is 26.2 Å². The highest BCUT2D eigenvalue weighted by atomic mass is 14.9. The van der Waals surface area contributed by atoms with Gasteiger partial charge in [0.2, 0.25) is 0 Å². The molecule has 2 N–H and O–H groups in total. The van der Waals surface area contributed by atoms with Crippen molar-refractivity contribution >= 4 is 0 Å². The first-order valence-electron chi connectivity index (χ1n) is 10.1. The lowest BCUT2D eigenvalue weighted by molar-refractivity contribution is 0.253. The Bertz CT molecular complexity index is 409. The van der Waals surface area contributed by atoms with Crippen molar-refractivity contribution in [1.82, 2.24) is 10.6 Å². The Balaban J connectivity index is 1.62. The normalized spacial score (nSPS) is 37.1. The summed E-state index contributed by atoms with van der Waals surface area (Å²) >= 11 is 0. The molecule has 138 valence electrons. The Morgan fingerprint density at radius 3 is 1.46 bits per heavy atom. The van der Waals surface area contributed by atoms with E-state index in [0.717, 1.165) is 49.9 Å². The van der Waals surface area contributed by atoms with Gasteiger partial charge in [0.05, 0.1) is 0 Å². The van der Waals surface area contributed by atoms with Crippen molar-refractivity contribution in [3.63, 3.8) is 0 Å². The van der Waals surface area contributed by atoms with E-state index < -0.39 is 0 Å². The highest BCUT2D eigenvalue weighted by Gasteiger charge is 2.27.